The van der Waals surface area contributed by atoms with E-state index < -0.39 is 12.0 Å². The molecule has 0 saturated carbocycles. The van der Waals surface area contributed by atoms with Gasteiger partial charge in [-0.15, -0.1) is 0 Å². The first-order valence-electron chi connectivity index (χ1n) is 4.53. The van der Waals surface area contributed by atoms with Crippen molar-refractivity contribution in [3.05, 3.63) is 0 Å². The molecule has 1 saturated heterocycles. The van der Waals surface area contributed by atoms with Crippen LogP contribution >= 0.6 is 0 Å². The van der Waals surface area contributed by atoms with Crippen molar-refractivity contribution in [2.24, 2.45) is 5.92 Å². The van der Waals surface area contributed by atoms with Crippen LogP contribution in [0, 0.1) is 5.92 Å². The Hall–Kier alpha value is -1.39. The van der Waals surface area contributed by atoms with Crippen LogP contribution in [-0.2, 0) is 14.4 Å². The molecule has 5 heteroatoms. The summed E-state index contributed by atoms with van der Waals surface area (Å²) in [5, 5.41) is 8.89. The maximum Gasteiger partial charge on any atom is 0.327 e. The van der Waals surface area contributed by atoms with E-state index in [1.807, 2.05) is 0 Å². The van der Waals surface area contributed by atoms with E-state index in [0.717, 1.165) is 4.90 Å². The largest absolute Gasteiger partial charge is 0.480 e. The summed E-state index contributed by atoms with van der Waals surface area (Å²) >= 11 is 0. The summed E-state index contributed by atoms with van der Waals surface area (Å²) in [6.45, 7) is 3.36. The fraction of sp³-hybridized carbons (Fsp3) is 0.667. The molecule has 1 fully saturated rings. The number of carboxylic acid groups (broad SMARTS) is 1. The molecule has 78 valence electrons. The minimum absolute atomic E-state index is 0.134. The van der Waals surface area contributed by atoms with Gasteiger partial charge in [0, 0.05) is 12.8 Å². The van der Waals surface area contributed by atoms with Crippen LogP contribution in [0.3, 0.4) is 0 Å². The van der Waals surface area contributed by atoms with E-state index in [9.17, 15) is 14.4 Å². The number of imide groups is 1. The highest BCUT2D eigenvalue weighted by molar-refractivity contribution is 6.04. The van der Waals surface area contributed by atoms with E-state index in [2.05, 4.69) is 0 Å². The molecule has 1 aliphatic rings. The zero-order valence-corrected chi connectivity index (χ0v) is 8.19. The van der Waals surface area contributed by atoms with Crippen molar-refractivity contribution < 1.29 is 19.5 Å². The maximum atomic E-state index is 11.3. The minimum atomic E-state index is -1.12. The van der Waals surface area contributed by atoms with Crippen LogP contribution in [0.1, 0.15) is 26.7 Å². The SMILES string of the molecule is CC(C)[C@@H](C(=O)O)N1C(=O)CCC1=O. The number of carbonyl (C=O) groups is 3. The first-order valence-corrected chi connectivity index (χ1v) is 4.53. The third-order valence-electron chi connectivity index (χ3n) is 2.25. The highest BCUT2D eigenvalue weighted by Gasteiger charge is 2.40. The van der Waals surface area contributed by atoms with Crippen LogP contribution in [0.2, 0.25) is 0 Å². The molecule has 0 aromatic heterocycles. The molecule has 1 aliphatic heterocycles. The Balaban J connectivity index is 2.92. The number of aliphatic carboxylic acids is 1. The van der Waals surface area contributed by atoms with E-state index in [1.54, 1.807) is 13.8 Å². The van der Waals surface area contributed by atoms with Crippen LogP contribution in [0.15, 0.2) is 0 Å². The normalized spacial score (nSPS) is 19.2. The van der Waals surface area contributed by atoms with E-state index in [-0.39, 0.29) is 30.6 Å². The molecule has 0 unspecified atom stereocenters. The lowest BCUT2D eigenvalue weighted by molar-refractivity contribution is -0.156. The first kappa shape index (κ1) is 10.7. The van der Waals surface area contributed by atoms with Gasteiger partial charge >= 0.3 is 5.97 Å². The van der Waals surface area contributed by atoms with Gasteiger partial charge in [0.1, 0.15) is 6.04 Å². The molecular weight excluding hydrogens is 186 g/mol. The summed E-state index contributed by atoms with van der Waals surface area (Å²) in [6, 6.07) is -1.02. The highest BCUT2D eigenvalue weighted by Crippen LogP contribution is 2.20. The van der Waals surface area contributed by atoms with Crippen LogP contribution in [0.4, 0.5) is 0 Å². The molecule has 0 aliphatic carbocycles. The van der Waals surface area contributed by atoms with Crippen molar-refractivity contribution in [2.45, 2.75) is 32.7 Å². The monoisotopic (exact) mass is 199 g/mol. The number of rotatable bonds is 3. The lowest BCUT2D eigenvalue weighted by Crippen LogP contribution is -2.47. The number of carbonyl (C=O) groups excluding carboxylic acids is 2. The molecule has 1 rings (SSSR count). The van der Waals surface area contributed by atoms with Gasteiger partial charge in [0.05, 0.1) is 0 Å². The van der Waals surface area contributed by atoms with Crippen molar-refractivity contribution in [2.75, 3.05) is 0 Å². The van der Waals surface area contributed by atoms with Gasteiger partial charge in [0.15, 0.2) is 0 Å². The average molecular weight is 199 g/mol. The Morgan fingerprint density at radius 2 is 1.71 bits per heavy atom. The number of hydrogen-bond acceptors (Lipinski definition) is 3. The number of likely N-dealkylation sites (tertiary alicyclic amines) is 1. The fourth-order valence-corrected chi connectivity index (χ4v) is 1.60. The lowest BCUT2D eigenvalue weighted by Gasteiger charge is -2.25. The van der Waals surface area contributed by atoms with Gasteiger partial charge in [-0.25, -0.2) is 4.79 Å². The summed E-state index contributed by atoms with van der Waals surface area (Å²) < 4.78 is 0. The summed E-state index contributed by atoms with van der Waals surface area (Å²) in [7, 11) is 0. The number of carboxylic acids is 1. The van der Waals surface area contributed by atoms with E-state index in [1.165, 1.54) is 0 Å². The second-order valence-electron chi connectivity index (χ2n) is 3.68. The predicted molar refractivity (Wildman–Crippen MR) is 47.3 cm³/mol. The second-order valence-corrected chi connectivity index (χ2v) is 3.68. The number of amides is 2. The summed E-state index contributed by atoms with van der Waals surface area (Å²) in [6.07, 6.45) is 0.269. The van der Waals surface area contributed by atoms with Gasteiger partial charge in [-0.05, 0) is 5.92 Å². The Kier molecular flexibility index (Phi) is 2.88. The van der Waals surface area contributed by atoms with Crippen LogP contribution in [-0.4, -0.2) is 33.8 Å². The smallest absolute Gasteiger partial charge is 0.327 e. The molecule has 14 heavy (non-hydrogen) atoms. The van der Waals surface area contributed by atoms with Crippen LogP contribution in [0.25, 0.3) is 0 Å². The Morgan fingerprint density at radius 3 is 2.00 bits per heavy atom. The quantitative estimate of drug-likeness (QED) is 0.661. The van der Waals surface area contributed by atoms with E-state index in [4.69, 9.17) is 5.11 Å². The number of nitrogens with zero attached hydrogens (tertiary/aromatic N) is 1. The molecule has 0 aromatic rings. The van der Waals surface area contributed by atoms with Crippen molar-refractivity contribution in [1.29, 1.82) is 0 Å². The van der Waals surface area contributed by atoms with Crippen LogP contribution in [0.5, 0.6) is 0 Å². The highest BCUT2D eigenvalue weighted by atomic mass is 16.4. The molecule has 0 spiro atoms. The Labute approximate surface area is 81.7 Å². The first-order chi connectivity index (χ1) is 6.45. The summed E-state index contributed by atoms with van der Waals surface area (Å²) in [5.41, 5.74) is 0. The molecule has 0 bridgehead atoms. The van der Waals surface area contributed by atoms with Crippen molar-refractivity contribution in [3.8, 4) is 0 Å². The lowest BCUT2D eigenvalue weighted by atomic mass is 10.0. The van der Waals surface area contributed by atoms with Crippen LogP contribution < -0.4 is 0 Å². The van der Waals surface area contributed by atoms with Gasteiger partial charge in [-0.1, -0.05) is 13.8 Å². The molecule has 0 radical (unpaired) electrons. The topological polar surface area (TPSA) is 74.7 Å². The zero-order valence-electron chi connectivity index (χ0n) is 8.19. The minimum Gasteiger partial charge on any atom is -0.480 e. The molecule has 0 aromatic carbocycles. The van der Waals surface area contributed by atoms with Gasteiger partial charge in [0.25, 0.3) is 0 Å². The average Bonchev–Trinajstić information content (AvgIpc) is 2.34. The van der Waals surface area contributed by atoms with Crippen molar-refractivity contribution >= 4 is 17.8 Å². The zero-order chi connectivity index (χ0) is 10.9. The molecule has 1 N–H and O–H groups in total. The van der Waals surface area contributed by atoms with Gasteiger partial charge in [-0.2, -0.15) is 0 Å². The standard InChI is InChI=1S/C9H13NO4/c1-5(2)8(9(13)14)10-6(11)3-4-7(10)12/h5,8H,3-4H2,1-2H3,(H,13,14)/t8-/m0/s1. The van der Waals surface area contributed by atoms with E-state index in [0.29, 0.717) is 0 Å². The predicted octanol–water partition coefficient (Wildman–Crippen LogP) is 0.245. The third-order valence-corrected chi connectivity index (χ3v) is 2.25. The molecule has 2 amide bonds. The molecule has 5 nitrogen and oxygen atoms in total. The molecule has 1 atom stereocenters. The summed E-state index contributed by atoms with van der Waals surface area (Å²) in [4.78, 5) is 34.3. The Bertz CT molecular complexity index is 269. The van der Waals surface area contributed by atoms with Crippen molar-refractivity contribution in [3.63, 3.8) is 0 Å². The van der Waals surface area contributed by atoms with Crippen molar-refractivity contribution in [1.82, 2.24) is 4.90 Å². The maximum absolute atomic E-state index is 11.3. The summed E-state index contributed by atoms with van der Waals surface area (Å²) in [5.74, 6) is -2.14. The Morgan fingerprint density at radius 1 is 1.29 bits per heavy atom. The van der Waals surface area contributed by atoms with E-state index >= 15 is 0 Å². The van der Waals surface area contributed by atoms with Gasteiger partial charge in [0.2, 0.25) is 11.8 Å². The number of hydrogen-bond donors (Lipinski definition) is 1. The fourth-order valence-electron chi connectivity index (χ4n) is 1.60. The molecular formula is C9H13NO4. The second kappa shape index (κ2) is 3.77. The molecule has 1 heterocycles. The third kappa shape index (κ3) is 1.76. The van der Waals surface area contributed by atoms with Gasteiger partial charge < -0.3 is 5.11 Å². The van der Waals surface area contributed by atoms with Gasteiger partial charge in [-0.3, -0.25) is 14.5 Å².